The first-order chi connectivity index (χ1) is 9.83. The fourth-order valence-corrected chi connectivity index (χ4v) is 1.68. The number of hydrogen-bond donors (Lipinski definition) is 0. The van der Waals surface area contributed by atoms with Gasteiger partial charge >= 0.3 is 5.97 Å². The lowest BCUT2D eigenvalue weighted by atomic mass is 10.2. The molecule has 0 bridgehead atoms. The Labute approximate surface area is 122 Å². The highest BCUT2D eigenvalue weighted by molar-refractivity contribution is 5.91. The Morgan fingerprint density at radius 1 is 1.24 bits per heavy atom. The number of ether oxygens (including phenoxy) is 1. The zero-order chi connectivity index (χ0) is 16.0. The first-order valence-electron chi connectivity index (χ1n) is 6.38. The predicted molar refractivity (Wildman–Crippen MR) is 73.7 cm³/mol. The molecule has 0 aliphatic heterocycles. The smallest absolute Gasteiger partial charge is 0.338 e. The average molecular weight is 297 g/mol. The first kappa shape index (κ1) is 16.8. The first-order valence-corrected chi connectivity index (χ1v) is 6.38. The Morgan fingerprint density at radius 2 is 1.81 bits per heavy atom. The molecule has 1 aromatic rings. The Kier molecular flexibility index (Phi) is 6.02. The monoisotopic (exact) mass is 297 g/mol. The third-order valence-corrected chi connectivity index (χ3v) is 2.62. The maximum Gasteiger partial charge on any atom is 0.338 e. The van der Waals surface area contributed by atoms with Gasteiger partial charge in [-0.3, -0.25) is 4.79 Å². The number of esters is 1. The SMILES string of the molecule is C=C(C)CN(CC)C(=O)COC(=O)c1cc(F)cc(F)c1. The van der Waals surface area contributed by atoms with Crippen LogP contribution in [0.1, 0.15) is 24.2 Å². The van der Waals surface area contributed by atoms with E-state index in [1.54, 1.807) is 13.8 Å². The fourth-order valence-electron chi connectivity index (χ4n) is 1.68. The molecule has 0 heterocycles. The molecule has 1 amide bonds. The van der Waals surface area contributed by atoms with Crippen LogP contribution in [0.15, 0.2) is 30.4 Å². The van der Waals surface area contributed by atoms with E-state index < -0.39 is 30.1 Å². The lowest BCUT2D eigenvalue weighted by molar-refractivity contribution is -0.133. The molecule has 1 aromatic carbocycles. The summed E-state index contributed by atoms with van der Waals surface area (Å²) >= 11 is 0. The van der Waals surface area contributed by atoms with E-state index in [1.165, 1.54) is 4.90 Å². The molecule has 0 saturated carbocycles. The van der Waals surface area contributed by atoms with E-state index in [4.69, 9.17) is 4.74 Å². The number of halogens is 2. The fraction of sp³-hybridized carbons (Fsp3) is 0.333. The van der Waals surface area contributed by atoms with Gasteiger partial charge in [0.1, 0.15) is 11.6 Å². The molecule has 114 valence electrons. The molecule has 0 spiro atoms. The highest BCUT2D eigenvalue weighted by Gasteiger charge is 2.16. The Bertz CT molecular complexity index is 538. The van der Waals surface area contributed by atoms with E-state index in [0.29, 0.717) is 19.2 Å². The van der Waals surface area contributed by atoms with Crippen LogP contribution < -0.4 is 0 Å². The van der Waals surface area contributed by atoms with Crippen molar-refractivity contribution in [3.05, 3.63) is 47.5 Å². The second-order valence-corrected chi connectivity index (χ2v) is 4.60. The third kappa shape index (κ3) is 5.33. The molecule has 0 unspecified atom stereocenters. The van der Waals surface area contributed by atoms with Crippen LogP contribution >= 0.6 is 0 Å². The Hall–Kier alpha value is -2.24. The second-order valence-electron chi connectivity index (χ2n) is 4.60. The molecular formula is C15H17F2NO3. The van der Waals surface area contributed by atoms with E-state index in [2.05, 4.69) is 6.58 Å². The largest absolute Gasteiger partial charge is 0.452 e. The summed E-state index contributed by atoms with van der Waals surface area (Å²) in [6.07, 6.45) is 0. The number of rotatable bonds is 6. The molecule has 0 saturated heterocycles. The number of likely N-dealkylation sites (N-methyl/N-ethyl adjacent to an activating group) is 1. The Morgan fingerprint density at radius 3 is 2.29 bits per heavy atom. The van der Waals surface area contributed by atoms with Gasteiger partial charge in [0.2, 0.25) is 0 Å². The van der Waals surface area contributed by atoms with Crippen molar-refractivity contribution in [2.45, 2.75) is 13.8 Å². The lowest BCUT2D eigenvalue weighted by Crippen LogP contribution is -2.35. The normalized spacial score (nSPS) is 10.1. The molecule has 0 radical (unpaired) electrons. The molecule has 0 fully saturated rings. The van der Waals surface area contributed by atoms with Crippen LogP contribution in [0.2, 0.25) is 0 Å². The van der Waals surface area contributed by atoms with Gasteiger partial charge in [-0.1, -0.05) is 12.2 Å². The summed E-state index contributed by atoms with van der Waals surface area (Å²) in [5.74, 6) is -3.12. The summed E-state index contributed by atoms with van der Waals surface area (Å²) in [5.41, 5.74) is 0.520. The minimum absolute atomic E-state index is 0.275. The van der Waals surface area contributed by atoms with Gasteiger partial charge in [0.25, 0.3) is 5.91 Å². The number of carbonyl (C=O) groups excluding carboxylic acids is 2. The van der Waals surface area contributed by atoms with Gasteiger partial charge in [-0.25, -0.2) is 13.6 Å². The van der Waals surface area contributed by atoms with Gasteiger partial charge in [-0.2, -0.15) is 0 Å². The van der Waals surface area contributed by atoms with Crippen LogP contribution in [-0.2, 0) is 9.53 Å². The second kappa shape index (κ2) is 7.52. The predicted octanol–water partition coefficient (Wildman–Crippen LogP) is 2.55. The molecular weight excluding hydrogens is 280 g/mol. The number of nitrogens with zero attached hydrogens (tertiary/aromatic N) is 1. The van der Waals surface area contributed by atoms with Crippen molar-refractivity contribution in [1.29, 1.82) is 0 Å². The third-order valence-electron chi connectivity index (χ3n) is 2.62. The topological polar surface area (TPSA) is 46.6 Å². The minimum atomic E-state index is -0.951. The molecule has 6 heteroatoms. The van der Waals surface area contributed by atoms with E-state index in [1.807, 2.05) is 0 Å². The van der Waals surface area contributed by atoms with Crippen LogP contribution in [0.4, 0.5) is 8.78 Å². The van der Waals surface area contributed by atoms with E-state index in [-0.39, 0.29) is 5.56 Å². The van der Waals surface area contributed by atoms with Crippen molar-refractivity contribution in [1.82, 2.24) is 4.90 Å². The minimum Gasteiger partial charge on any atom is -0.452 e. The van der Waals surface area contributed by atoms with Gasteiger partial charge in [-0.15, -0.1) is 0 Å². The maximum atomic E-state index is 13.0. The number of hydrogen-bond acceptors (Lipinski definition) is 3. The van der Waals surface area contributed by atoms with Gasteiger partial charge in [-0.05, 0) is 26.0 Å². The highest BCUT2D eigenvalue weighted by atomic mass is 19.1. The van der Waals surface area contributed by atoms with E-state index in [9.17, 15) is 18.4 Å². The lowest BCUT2D eigenvalue weighted by Gasteiger charge is -2.20. The zero-order valence-corrected chi connectivity index (χ0v) is 12.0. The van der Waals surface area contributed by atoms with Gasteiger partial charge in [0.05, 0.1) is 5.56 Å². The van der Waals surface area contributed by atoms with Crippen LogP contribution in [-0.4, -0.2) is 36.5 Å². The summed E-state index contributed by atoms with van der Waals surface area (Å²) in [7, 11) is 0. The summed E-state index contributed by atoms with van der Waals surface area (Å²) in [6.45, 7) is 7.58. The van der Waals surface area contributed by atoms with Crippen LogP contribution in [0.5, 0.6) is 0 Å². The summed E-state index contributed by atoms with van der Waals surface area (Å²) in [5, 5.41) is 0. The maximum absolute atomic E-state index is 13.0. The van der Waals surface area contributed by atoms with Gasteiger partial charge < -0.3 is 9.64 Å². The summed E-state index contributed by atoms with van der Waals surface area (Å²) in [6, 6.07) is 2.34. The molecule has 4 nitrogen and oxygen atoms in total. The van der Waals surface area contributed by atoms with Crippen molar-refractivity contribution >= 4 is 11.9 Å². The molecule has 1 rings (SSSR count). The van der Waals surface area contributed by atoms with E-state index in [0.717, 1.165) is 17.7 Å². The molecule has 21 heavy (non-hydrogen) atoms. The molecule has 0 aromatic heterocycles. The zero-order valence-electron chi connectivity index (χ0n) is 12.0. The van der Waals surface area contributed by atoms with Crippen molar-refractivity contribution in [2.75, 3.05) is 19.7 Å². The number of carbonyl (C=O) groups is 2. The summed E-state index contributed by atoms with van der Waals surface area (Å²) in [4.78, 5) is 24.9. The van der Waals surface area contributed by atoms with Crippen LogP contribution in [0.25, 0.3) is 0 Å². The van der Waals surface area contributed by atoms with Gasteiger partial charge in [0.15, 0.2) is 6.61 Å². The van der Waals surface area contributed by atoms with Crippen LogP contribution in [0, 0.1) is 11.6 Å². The number of amides is 1. The van der Waals surface area contributed by atoms with E-state index >= 15 is 0 Å². The Balaban J connectivity index is 2.63. The summed E-state index contributed by atoms with van der Waals surface area (Å²) < 4.78 is 30.7. The standard InChI is InChI=1S/C15H17F2NO3/c1-4-18(8-10(2)3)14(19)9-21-15(20)11-5-12(16)7-13(17)6-11/h5-7H,2,4,8-9H2,1,3H3. The van der Waals surface area contributed by atoms with Crippen molar-refractivity contribution in [3.63, 3.8) is 0 Å². The number of benzene rings is 1. The van der Waals surface area contributed by atoms with Crippen LogP contribution in [0.3, 0.4) is 0 Å². The highest BCUT2D eigenvalue weighted by Crippen LogP contribution is 2.09. The molecule has 0 aliphatic rings. The van der Waals surface area contributed by atoms with Crippen molar-refractivity contribution in [3.8, 4) is 0 Å². The molecule has 0 atom stereocenters. The van der Waals surface area contributed by atoms with Gasteiger partial charge in [0, 0.05) is 19.2 Å². The molecule has 0 N–H and O–H groups in total. The van der Waals surface area contributed by atoms with Crippen molar-refractivity contribution in [2.24, 2.45) is 0 Å². The molecule has 0 aliphatic carbocycles. The van der Waals surface area contributed by atoms with Crippen molar-refractivity contribution < 1.29 is 23.1 Å². The quantitative estimate of drug-likeness (QED) is 0.599. The average Bonchev–Trinajstić information content (AvgIpc) is 2.40.